The Morgan fingerprint density at radius 1 is 1.00 bits per heavy atom. The van der Waals surface area contributed by atoms with E-state index in [1.807, 2.05) is 0 Å². The number of rotatable bonds is 0. The molecule has 0 aromatic carbocycles. The van der Waals surface area contributed by atoms with Crippen molar-refractivity contribution in [1.82, 2.24) is 0 Å². The monoisotopic (exact) mass is 146 g/mol. The molecular weight excluding hydrogens is 136 g/mol. The Bertz CT molecular complexity index is 228. The molecule has 2 aliphatic carbocycles. The fourth-order valence-corrected chi connectivity index (χ4v) is 2.48. The van der Waals surface area contributed by atoms with Gasteiger partial charge in [-0.05, 0) is 24.7 Å². The Balaban J connectivity index is 2.22. The molecule has 2 atom stereocenters. The van der Waals surface area contributed by atoms with Gasteiger partial charge in [0, 0.05) is 0 Å². The van der Waals surface area contributed by atoms with Gasteiger partial charge in [-0.3, -0.25) is 0 Å². The average Bonchev–Trinajstić information content (AvgIpc) is 2.74. The zero-order chi connectivity index (χ0) is 7.90. The largest absolute Gasteiger partial charge is 0.197 e. The van der Waals surface area contributed by atoms with Crippen LogP contribution in [0.1, 0.15) is 25.7 Å². The highest BCUT2D eigenvalue weighted by Gasteiger charge is 2.66. The fraction of sp³-hybridized carbons (Fsp3) is 0.778. The summed E-state index contributed by atoms with van der Waals surface area (Å²) in [6.45, 7) is 0. The van der Waals surface area contributed by atoms with Gasteiger partial charge in [0.05, 0.1) is 12.1 Å². The van der Waals surface area contributed by atoms with Crippen LogP contribution in [-0.2, 0) is 0 Å². The Morgan fingerprint density at radius 3 is 1.82 bits per heavy atom. The normalized spacial score (nSPS) is 38.0. The van der Waals surface area contributed by atoms with Crippen LogP contribution in [0, 0.1) is 39.9 Å². The summed E-state index contributed by atoms with van der Waals surface area (Å²) in [7, 11) is 0. The molecule has 2 aliphatic rings. The van der Waals surface area contributed by atoms with E-state index in [0.29, 0.717) is 11.8 Å². The van der Waals surface area contributed by atoms with Crippen molar-refractivity contribution in [3.8, 4) is 12.1 Å². The van der Waals surface area contributed by atoms with Crippen LogP contribution in [0.2, 0.25) is 0 Å². The van der Waals surface area contributed by atoms with Crippen molar-refractivity contribution in [1.29, 1.82) is 10.5 Å². The van der Waals surface area contributed by atoms with E-state index in [0.717, 1.165) is 12.8 Å². The third kappa shape index (κ3) is 0.648. The van der Waals surface area contributed by atoms with Crippen LogP contribution >= 0.6 is 0 Å². The first-order chi connectivity index (χ1) is 5.35. The summed E-state index contributed by atoms with van der Waals surface area (Å²) in [5.74, 6) is 0.845. The summed E-state index contributed by atoms with van der Waals surface area (Å²) < 4.78 is 0. The zero-order valence-electron chi connectivity index (χ0n) is 6.38. The maximum absolute atomic E-state index is 8.81. The van der Waals surface area contributed by atoms with Crippen LogP contribution in [0.25, 0.3) is 0 Å². The van der Waals surface area contributed by atoms with E-state index in [2.05, 4.69) is 12.1 Å². The van der Waals surface area contributed by atoms with Gasteiger partial charge in [-0.15, -0.1) is 0 Å². The number of hydrogen-bond donors (Lipinski definition) is 0. The van der Waals surface area contributed by atoms with Crippen molar-refractivity contribution < 1.29 is 0 Å². The Labute approximate surface area is 66.4 Å². The van der Waals surface area contributed by atoms with E-state index < -0.39 is 5.41 Å². The first kappa shape index (κ1) is 6.68. The Kier molecular flexibility index (Phi) is 1.20. The van der Waals surface area contributed by atoms with E-state index in [4.69, 9.17) is 10.5 Å². The second kappa shape index (κ2) is 1.98. The van der Waals surface area contributed by atoms with Gasteiger partial charge in [0.1, 0.15) is 5.41 Å². The van der Waals surface area contributed by atoms with Gasteiger partial charge in [-0.2, -0.15) is 10.5 Å². The highest BCUT2D eigenvalue weighted by Crippen LogP contribution is 2.64. The molecule has 2 saturated carbocycles. The van der Waals surface area contributed by atoms with Gasteiger partial charge in [0.2, 0.25) is 0 Å². The van der Waals surface area contributed by atoms with Crippen molar-refractivity contribution in [2.45, 2.75) is 25.7 Å². The third-order valence-electron chi connectivity index (χ3n) is 3.20. The predicted molar refractivity (Wildman–Crippen MR) is 39.1 cm³/mol. The average molecular weight is 146 g/mol. The van der Waals surface area contributed by atoms with Crippen molar-refractivity contribution in [2.75, 3.05) is 0 Å². The van der Waals surface area contributed by atoms with Gasteiger partial charge in [0.15, 0.2) is 0 Å². The molecule has 2 nitrogen and oxygen atoms in total. The molecule has 0 bridgehead atoms. The second-order valence-electron chi connectivity index (χ2n) is 3.59. The molecule has 56 valence electrons. The molecular formula is C9H10N2. The van der Waals surface area contributed by atoms with E-state index >= 15 is 0 Å². The molecule has 0 aromatic rings. The summed E-state index contributed by atoms with van der Waals surface area (Å²) in [5, 5.41) is 17.6. The number of nitriles is 2. The standard InChI is InChI=1S/C9H10N2/c10-5-9(6-11)7-3-1-2-4-8(7)9/h7-8H,1-4H2/t7-,8+. The fourth-order valence-electron chi connectivity index (χ4n) is 2.48. The maximum atomic E-state index is 8.81. The lowest BCUT2D eigenvalue weighted by molar-refractivity contribution is 0.480. The molecule has 0 amide bonds. The smallest absolute Gasteiger partial charge is 0.150 e. The van der Waals surface area contributed by atoms with E-state index in [1.54, 1.807) is 0 Å². The topological polar surface area (TPSA) is 47.6 Å². The Hall–Kier alpha value is -1.02. The van der Waals surface area contributed by atoms with Crippen LogP contribution < -0.4 is 0 Å². The van der Waals surface area contributed by atoms with Crippen LogP contribution in [0.4, 0.5) is 0 Å². The van der Waals surface area contributed by atoms with Gasteiger partial charge in [-0.25, -0.2) is 0 Å². The summed E-state index contributed by atoms with van der Waals surface area (Å²) in [6.07, 6.45) is 4.64. The molecule has 2 heteroatoms. The molecule has 0 saturated heterocycles. The maximum Gasteiger partial charge on any atom is 0.150 e. The molecule has 0 heterocycles. The predicted octanol–water partition coefficient (Wildman–Crippen LogP) is 1.84. The SMILES string of the molecule is N#CC1(C#N)[C@@H]2CCCC[C@@H]21. The lowest BCUT2D eigenvalue weighted by Crippen LogP contribution is -1.95. The minimum atomic E-state index is -0.559. The number of fused-ring (bicyclic) bond motifs is 1. The first-order valence-electron chi connectivity index (χ1n) is 4.17. The molecule has 0 aromatic heterocycles. The van der Waals surface area contributed by atoms with Crippen molar-refractivity contribution >= 4 is 0 Å². The summed E-state index contributed by atoms with van der Waals surface area (Å²) in [5.41, 5.74) is -0.559. The highest BCUT2D eigenvalue weighted by molar-refractivity contribution is 5.32. The van der Waals surface area contributed by atoms with Gasteiger partial charge in [0.25, 0.3) is 0 Å². The van der Waals surface area contributed by atoms with Crippen LogP contribution in [-0.4, -0.2) is 0 Å². The van der Waals surface area contributed by atoms with E-state index in [9.17, 15) is 0 Å². The number of nitrogens with zero attached hydrogens (tertiary/aromatic N) is 2. The summed E-state index contributed by atoms with van der Waals surface area (Å²) in [4.78, 5) is 0. The van der Waals surface area contributed by atoms with Crippen molar-refractivity contribution in [3.63, 3.8) is 0 Å². The third-order valence-corrected chi connectivity index (χ3v) is 3.20. The number of hydrogen-bond acceptors (Lipinski definition) is 2. The van der Waals surface area contributed by atoms with Crippen LogP contribution in [0.15, 0.2) is 0 Å². The summed E-state index contributed by atoms with van der Waals surface area (Å²) >= 11 is 0. The molecule has 2 rings (SSSR count). The molecule has 0 N–H and O–H groups in total. The minimum Gasteiger partial charge on any atom is -0.197 e. The lowest BCUT2D eigenvalue weighted by atomic mass is 10.0. The molecule has 0 spiro atoms. The summed E-state index contributed by atoms with van der Waals surface area (Å²) in [6, 6.07) is 4.37. The molecule has 0 radical (unpaired) electrons. The van der Waals surface area contributed by atoms with Crippen LogP contribution in [0.3, 0.4) is 0 Å². The van der Waals surface area contributed by atoms with Gasteiger partial charge < -0.3 is 0 Å². The Morgan fingerprint density at radius 2 is 1.45 bits per heavy atom. The van der Waals surface area contributed by atoms with Crippen molar-refractivity contribution in [3.05, 3.63) is 0 Å². The molecule has 0 aliphatic heterocycles. The molecule has 2 fully saturated rings. The second-order valence-corrected chi connectivity index (χ2v) is 3.59. The lowest BCUT2D eigenvalue weighted by Gasteiger charge is -2.03. The van der Waals surface area contributed by atoms with E-state index in [-0.39, 0.29) is 0 Å². The zero-order valence-corrected chi connectivity index (χ0v) is 6.38. The molecule has 0 unspecified atom stereocenters. The highest BCUT2D eigenvalue weighted by atomic mass is 14.7. The van der Waals surface area contributed by atoms with Crippen molar-refractivity contribution in [2.24, 2.45) is 17.3 Å². The first-order valence-corrected chi connectivity index (χ1v) is 4.17. The van der Waals surface area contributed by atoms with E-state index in [1.165, 1.54) is 12.8 Å². The van der Waals surface area contributed by atoms with Gasteiger partial charge >= 0.3 is 0 Å². The molecule has 11 heavy (non-hydrogen) atoms. The van der Waals surface area contributed by atoms with Gasteiger partial charge in [-0.1, -0.05) is 12.8 Å². The quantitative estimate of drug-likeness (QED) is 0.523. The van der Waals surface area contributed by atoms with Crippen LogP contribution in [0.5, 0.6) is 0 Å². The minimum absolute atomic E-state index is 0.422.